The summed E-state index contributed by atoms with van der Waals surface area (Å²) < 4.78 is 1.76. The standard InChI is InChI=1S/C8H12N2O/c1-10-5-2-7(9-10)6-8(11)3-4-8/h2,5,11H,3-4,6H2,1H3. The molecule has 1 heterocycles. The van der Waals surface area contributed by atoms with Gasteiger partial charge in [0, 0.05) is 19.7 Å². The fourth-order valence-electron chi connectivity index (χ4n) is 1.22. The first-order chi connectivity index (χ1) is 5.18. The van der Waals surface area contributed by atoms with Crippen LogP contribution < -0.4 is 0 Å². The van der Waals surface area contributed by atoms with Crippen LogP contribution >= 0.6 is 0 Å². The predicted octanol–water partition coefficient (Wildman–Crippen LogP) is 0.487. The summed E-state index contributed by atoms with van der Waals surface area (Å²) >= 11 is 0. The molecule has 0 amide bonds. The van der Waals surface area contributed by atoms with Crippen LogP contribution in [0.2, 0.25) is 0 Å². The molecule has 1 N–H and O–H groups in total. The van der Waals surface area contributed by atoms with Crippen molar-refractivity contribution < 1.29 is 5.11 Å². The van der Waals surface area contributed by atoms with Crippen molar-refractivity contribution in [1.82, 2.24) is 9.78 Å². The number of aromatic nitrogens is 2. The SMILES string of the molecule is Cn1ccc(CC2(O)CC2)n1. The summed E-state index contributed by atoms with van der Waals surface area (Å²) in [6, 6.07) is 1.95. The van der Waals surface area contributed by atoms with Gasteiger partial charge in [-0.25, -0.2) is 0 Å². The van der Waals surface area contributed by atoms with Crippen LogP contribution in [0, 0.1) is 0 Å². The molecule has 1 aliphatic carbocycles. The Hall–Kier alpha value is -0.830. The van der Waals surface area contributed by atoms with Crippen LogP contribution in [0.1, 0.15) is 18.5 Å². The zero-order chi connectivity index (χ0) is 7.90. The molecule has 60 valence electrons. The molecule has 0 saturated heterocycles. The van der Waals surface area contributed by atoms with E-state index < -0.39 is 5.60 Å². The lowest BCUT2D eigenvalue weighted by Crippen LogP contribution is -2.11. The van der Waals surface area contributed by atoms with Crippen molar-refractivity contribution in [2.45, 2.75) is 24.9 Å². The van der Waals surface area contributed by atoms with E-state index in [1.807, 2.05) is 19.3 Å². The Labute approximate surface area is 65.7 Å². The minimum atomic E-state index is -0.408. The fourth-order valence-corrected chi connectivity index (χ4v) is 1.22. The minimum absolute atomic E-state index is 0.408. The van der Waals surface area contributed by atoms with Gasteiger partial charge in [0.1, 0.15) is 0 Å². The number of nitrogens with zero attached hydrogens (tertiary/aromatic N) is 2. The van der Waals surface area contributed by atoms with Gasteiger partial charge in [-0.1, -0.05) is 0 Å². The molecule has 0 radical (unpaired) electrons. The molecular formula is C8H12N2O. The summed E-state index contributed by atoms with van der Waals surface area (Å²) in [6.07, 6.45) is 4.49. The smallest absolute Gasteiger partial charge is 0.0705 e. The maximum Gasteiger partial charge on any atom is 0.0705 e. The van der Waals surface area contributed by atoms with Gasteiger partial charge >= 0.3 is 0 Å². The zero-order valence-electron chi connectivity index (χ0n) is 6.62. The lowest BCUT2D eigenvalue weighted by Gasteiger charge is -2.02. The Kier molecular flexibility index (Phi) is 1.29. The summed E-state index contributed by atoms with van der Waals surface area (Å²) in [5.74, 6) is 0. The van der Waals surface area contributed by atoms with Gasteiger partial charge < -0.3 is 5.11 Å². The Morgan fingerprint density at radius 2 is 2.45 bits per heavy atom. The summed E-state index contributed by atoms with van der Waals surface area (Å²) in [5, 5.41) is 13.7. The van der Waals surface area contributed by atoms with E-state index in [-0.39, 0.29) is 0 Å². The van der Waals surface area contributed by atoms with E-state index in [4.69, 9.17) is 0 Å². The monoisotopic (exact) mass is 152 g/mol. The molecule has 3 nitrogen and oxygen atoms in total. The second kappa shape index (κ2) is 2.08. The highest BCUT2D eigenvalue weighted by Gasteiger charge is 2.40. The molecule has 11 heavy (non-hydrogen) atoms. The highest BCUT2D eigenvalue weighted by Crippen LogP contribution is 2.37. The van der Waals surface area contributed by atoms with Gasteiger partial charge in [-0.3, -0.25) is 4.68 Å². The quantitative estimate of drug-likeness (QED) is 0.669. The molecule has 0 aromatic carbocycles. The van der Waals surface area contributed by atoms with Gasteiger partial charge in [-0.05, 0) is 18.9 Å². The minimum Gasteiger partial charge on any atom is -0.389 e. The van der Waals surface area contributed by atoms with Crippen LogP contribution in [-0.2, 0) is 13.5 Å². The highest BCUT2D eigenvalue weighted by atomic mass is 16.3. The third-order valence-corrected chi connectivity index (χ3v) is 2.11. The molecule has 1 fully saturated rings. The van der Waals surface area contributed by atoms with Crippen LogP contribution in [0.4, 0.5) is 0 Å². The number of rotatable bonds is 2. The van der Waals surface area contributed by atoms with Crippen LogP contribution in [0.3, 0.4) is 0 Å². The molecule has 1 aliphatic rings. The van der Waals surface area contributed by atoms with E-state index in [0.717, 1.165) is 18.5 Å². The fraction of sp³-hybridized carbons (Fsp3) is 0.625. The molecule has 0 bridgehead atoms. The molecule has 1 aromatic heterocycles. The molecule has 1 saturated carbocycles. The molecule has 0 atom stereocenters. The number of hydrogen-bond acceptors (Lipinski definition) is 2. The van der Waals surface area contributed by atoms with Crippen molar-refractivity contribution in [3.63, 3.8) is 0 Å². The average molecular weight is 152 g/mol. The third kappa shape index (κ3) is 1.43. The maximum atomic E-state index is 9.54. The largest absolute Gasteiger partial charge is 0.389 e. The highest BCUT2D eigenvalue weighted by molar-refractivity contribution is 5.08. The second-order valence-electron chi connectivity index (χ2n) is 3.38. The van der Waals surface area contributed by atoms with Crippen LogP contribution in [0.5, 0.6) is 0 Å². The van der Waals surface area contributed by atoms with Crippen LogP contribution in [-0.4, -0.2) is 20.5 Å². The molecule has 3 heteroatoms. The summed E-state index contributed by atoms with van der Waals surface area (Å²) in [6.45, 7) is 0. The Balaban J connectivity index is 2.06. The molecule has 0 spiro atoms. The second-order valence-corrected chi connectivity index (χ2v) is 3.38. The van der Waals surface area contributed by atoms with Crippen molar-refractivity contribution >= 4 is 0 Å². The van der Waals surface area contributed by atoms with Gasteiger partial charge in [-0.15, -0.1) is 0 Å². The van der Waals surface area contributed by atoms with Crippen molar-refractivity contribution in [2.24, 2.45) is 7.05 Å². The van der Waals surface area contributed by atoms with Gasteiger partial charge in [-0.2, -0.15) is 5.10 Å². The third-order valence-electron chi connectivity index (χ3n) is 2.11. The van der Waals surface area contributed by atoms with Crippen LogP contribution in [0.15, 0.2) is 12.3 Å². The van der Waals surface area contributed by atoms with Crippen LogP contribution in [0.25, 0.3) is 0 Å². The number of aliphatic hydroxyl groups is 1. The topological polar surface area (TPSA) is 38.0 Å². The first-order valence-electron chi connectivity index (χ1n) is 3.89. The van der Waals surface area contributed by atoms with Crippen molar-refractivity contribution in [3.05, 3.63) is 18.0 Å². The van der Waals surface area contributed by atoms with E-state index in [1.165, 1.54) is 0 Å². The molecule has 0 aliphatic heterocycles. The maximum absolute atomic E-state index is 9.54. The zero-order valence-corrected chi connectivity index (χ0v) is 6.62. The predicted molar refractivity (Wildman–Crippen MR) is 41.1 cm³/mol. The molecular weight excluding hydrogens is 140 g/mol. The summed E-state index contributed by atoms with van der Waals surface area (Å²) in [4.78, 5) is 0. The van der Waals surface area contributed by atoms with E-state index >= 15 is 0 Å². The van der Waals surface area contributed by atoms with Gasteiger partial charge in [0.15, 0.2) is 0 Å². The summed E-state index contributed by atoms with van der Waals surface area (Å²) in [7, 11) is 1.89. The molecule has 2 rings (SSSR count). The average Bonchev–Trinajstić information content (AvgIpc) is 2.49. The number of aryl methyl sites for hydroxylation is 1. The Morgan fingerprint density at radius 3 is 2.91 bits per heavy atom. The first kappa shape index (κ1) is 6.85. The van der Waals surface area contributed by atoms with Gasteiger partial charge in [0.2, 0.25) is 0 Å². The van der Waals surface area contributed by atoms with E-state index in [9.17, 15) is 5.11 Å². The first-order valence-corrected chi connectivity index (χ1v) is 3.89. The Morgan fingerprint density at radius 1 is 1.73 bits per heavy atom. The van der Waals surface area contributed by atoms with Gasteiger partial charge in [0.05, 0.1) is 11.3 Å². The Bertz CT molecular complexity index is 263. The normalized spacial score (nSPS) is 20.2. The van der Waals surface area contributed by atoms with E-state index in [0.29, 0.717) is 6.42 Å². The van der Waals surface area contributed by atoms with Crippen molar-refractivity contribution in [1.29, 1.82) is 0 Å². The van der Waals surface area contributed by atoms with E-state index in [2.05, 4.69) is 5.10 Å². The lowest BCUT2D eigenvalue weighted by atomic mass is 10.2. The van der Waals surface area contributed by atoms with E-state index in [1.54, 1.807) is 4.68 Å². The number of hydrogen-bond donors (Lipinski definition) is 1. The van der Waals surface area contributed by atoms with Crippen molar-refractivity contribution in [2.75, 3.05) is 0 Å². The lowest BCUT2D eigenvalue weighted by molar-refractivity contribution is 0.149. The van der Waals surface area contributed by atoms with Crippen molar-refractivity contribution in [3.8, 4) is 0 Å². The molecule has 0 unspecified atom stereocenters. The summed E-state index contributed by atoms with van der Waals surface area (Å²) in [5.41, 5.74) is 0.585. The van der Waals surface area contributed by atoms with Gasteiger partial charge in [0.25, 0.3) is 0 Å². The molecule has 1 aromatic rings.